The molecular weight excluding hydrogens is 313 g/mol. The van der Waals surface area contributed by atoms with Crippen molar-refractivity contribution in [1.82, 2.24) is 10.2 Å². The summed E-state index contributed by atoms with van der Waals surface area (Å²) in [6.45, 7) is 0.873. The number of carbonyl (C=O) groups excluding carboxylic acids is 2. The zero-order valence-electron chi connectivity index (χ0n) is 12.6. The molecule has 0 aliphatic carbocycles. The van der Waals surface area contributed by atoms with E-state index in [4.69, 9.17) is 4.74 Å². The van der Waals surface area contributed by atoms with Gasteiger partial charge in [0.05, 0.1) is 5.56 Å². The topological polar surface area (TPSA) is 58.6 Å². The Morgan fingerprint density at radius 1 is 1.22 bits per heavy atom. The minimum atomic E-state index is -1.67. The second-order valence-electron chi connectivity index (χ2n) is 5.28. The van der Waals surface area contributed by atoms with Crippen LogP contribution in [0, 0.1) is 17.5 Å². The first-order valence-electron chi connectivity index (χ1n) is 7.15. The van der Waals surface area contributed by atoms with Crippen LogP contribution >= 0.6 is 0 Å². The molecule has 8 heteroatoms. The van der Waals surface area contributed by atoms with E-state index >= 15 is 0 Å². The van der Waals surface area contributed by atoms with Gasteiger partial charge >= 0.3 is 0 Å². The number of ether oxygens (including phenoxy) is 1. The summed E-state index contributed by atoms with van der Waals surface area (Å²) in [5.74, 6) is -5.45. The van der Waals surface area contributed by atoms with Gasteiger partial charge in [0.15, 0.2) is 17.5 Å². The van der Waals surface area contributed by atoms with Crippen molar-refractivity contribution in [2.75, 3.05) is 26.8 Å². The zero-order chi connectivity index (χ0) is 17.0. The maximum atomic E-state index is 13.6. The highest BCUT2D eigenvalue weighted by Crippen LogP contribution is 2.17. The molecule has 1 saturated heterocycles. The fourth-order valence-corrected chi connectivity index (χ4v) is 2.45. The third-order valence-electron chi connectivity index (χ3n) is 3.73. The number of amides is 2. The Bertz CT molecular complexity index is 602. The number of nitrogens with zero attached hydrogens (tertiary/aromatic N) is 1. The van der Waals surface area contributed by atoms with Crippen molar-refractivity contribution in [3.05, 3.63) is 35.1 Å². The lowest BCUT2D eigenvalue weighted by atomic mass is 10.0. The summed E-state index contributed by atoms with van der Waals surface area (Å²) in [6, 6.07) is 1.35. The molecule has 126 valence electrons. The Hall–Kier alpha value is -2.09. The summed E-state index contributed by atoms with van der Waals surface area (Å²) in [6.07, 6.45) is 0.985. The smallest absolute Gasteiger partial charge is 0.254 e. The fraction of sp³-hybridized carbons (Fsp3) is 0.467. The summed E-state index contributed by atoms with van der Waals surface area (Å²) in [4.78, 5) is 25.2. The number of hydrogen-bond donors (Lipinski definition) is 1. The Balaban J connectivity index is 1.93. The van der Waals surface area contributed by atoms with Crippen LogP contribution in [0.15, 0.2) is 12.1 Å². The molecule has 2 amide bonds. The number of hydrogen-bond acceptors (Lipinski definition) is 3. The summed E-state index contributed by atoms with van der Waals surface area (Å²) in [5.41, 5.74) is -0.540. The average Bonchev–Trinajstić information content (AvgIpc) is 2.53. The van der Waals surface area contributed by atoms with Crippen LogP contribution in [0.5, 0.6) is 0 Å². The van der Waals surface area contributed by atoms with Crippen molar-refractivity contribution in [2.45, 2.75) is 18.9 Å². The van der Waals surface area contributed by atoms with Gasteiger partial charge < -0.3 is 15.0 Å². The van der Waals surface area contributed by atoms with Crippen molar-refractivity contribution in [2.24, 2.45) is 0 Å². The highest BCUT2D eigenvalue weighted by molar-refractivity contribution is 5.94. The standard InChI is InChI=1S/C15H17F3N2O3/c1-23-8-12(21)20-6-4-9(5-7-20)19-15(22)10-2-3-11(16)14(18)13(10)17/h2-3,9H,4-8H2,1H3,(H,19,22). The molecule has 0 radical (unpaired) electrons. The van der Waals surface area contributed by atoms with Crippen LogP contribution in [0.2, 0.25) is 0 Å². The first-order chi connectivity index (χ1) is 10.9. The lowest BCUT2D eigenvalue weighted by Gasteiger charge is -2.32. The van der Waals surface area contributed by atoms with Gasteiger partial charge in [-0.25, -0.2) is 13.2 Å². The van der Waals surface area contributed by atoms with E-state index in [1.807, 2.05) is 0 Å². The lowest BCUT2D eigenvalue weighted by Crippen LogP contribution is -2.47. The summed E-state index contributed by atoms with van der Waals surface area (Å²) < 4.78 is 44.4. The number of benzene rings is 1. The molecule has 0 saturated carbocycles. The van der Waals surface area contributed by atoms with Gasteiger partial charge in [-0.05, 0) is 25.0 Å². The number of methoxy groups -OCH3 is 1. The molecule has 5 nitrogen and oxygen atoms in total. The van der Waals surface area contributed by atoms with E-state index in [9.17, 15) is 22.8 Å². The van der Waals surface area contributed by atoms with Gasteiger partial charge in [-0.15, -0.1) is 0 Å². The Morgan fingerprint density at radius 3 is 2.48 bits per heavy atom. The largest absolute Gasteiger partial charge is 0.375 e. The Kier molecular flexibility index (Phi) is 5.59. The minimum absolute atomic E-state index is 0.00288. The van der Waals surface area contributed by atoms with E-state index in [-0.39, 0.29) is 18.6 Å². The number of carbonyl (C=O) groups is 2. The third kappa shape index (κ3) is 4.01. The maximum absolute atomic E-state index is 13.6. The first-order valence-corrected chi connectivity index (χ1v) is 7.15. The molecule has 1 fully saturated rings. The molecule has 1 N–H and O–H groups in total. The summed E-state index contributed by atoms with van der Waals surface area (Å²) in [5, 5.41) is 2.58. The lowest BCUT2D eigenvalue weighted by molar-refractivity contribution is -0.136. The molecule has 1 aliphatic rings. The van der Waals surface area contributed by atoms with E-state index in [0.29, 0.717) is 32.0 Å². The summed E-state index contributed by atoms with van der Waals surface area (Å²) >= 11 is 0. The Morgan fingerprint density at radius 2 is 1.87 bits per heavy atom. The van der Waals surface area contributed by atoms with Gasteiger partial charge in [-0.1, -0.05) is 0 Å². The number of nitrogens with one attached hydrogen (secondary N) is 1. The molecule has 23 heavy (non-hydrogen) atoms. The van der Waals surface area contributed by atoms with Crippen molar-refractivity contribution >= 4 is 11.8 Å². The van der Waals surface area contributed by atoms with E-state index in [2.05, 4.69) is 5.32 Å². The zero-order valence-corrected chi connectivity index (χ0v) is 12.6. The van der Waals surface area contributed by atoms with Crippen molar-refractivity contribution in [1.29, 1.82) is 0 Å². The molecule has 2 rings (SSSR count). The van der Waals surface area contributed by atoms with Crippen LogP contribution in [-0.2, 0) is 9.53 Å². The second-order valence-corrected chi connectivity index (χ2v) is 5.28. The number of rotatable bonds is 4. The quantitative estimate of drug-likeness (QED) is 0.851. The number of halogens is 3. The van der Waals surface area contributed by atoms with Crippen molar-refractivity contribution in [3.63, 3.8) is 0 Å². The molecule has 1 heterocycles. The third-order valence-corrected chi connectivity index (χ3v) is 3.73. The molecular formula is C15H17F3N2O3. The predicted molar refractivity (Wildman–Crippen MR) is 75.3 cm³/mol. The van der Waals surface area contributed by atoms with Gasteiger partial charge in [0.25, 0.3) is 5.91 Å². The SMILES string of the molecule is COCC(=O)N1CCC(NC(=O)c2ccc(F)c(F)c2F)CC1. The van der Waals surface area contributed by atoms with E-state index < -0.39 is 28.9 Å². The van der Waals surface area contributed by atoms with Gasteiger partial charge in [0, 0.05) is 26.2 Å². The van der Waals surface area contributed by atoms with Gasteiger partial charge in [0.2, 0.25) is 5.91 Å². The molecule has 1 aromatic carbocycles. The number of likely N-dealkylation sites (tertiary alicyclic amines) is 1. The van der Waals surface area contributed by atoms with Crippen LogP contribution in [0.4, 0.5) is 13.2 Å². The van der Waals surface area contributed by atoms with Crippen molar-refractivity contribution in [3.8, 4) is 0 Å². The molecule has 0 spiro atoms. The first kappa shape index (κ1) is 17.3. The van der Waals surface area contributed by atoms with E-state index in [1.165, 1.54) is 7.11 Å². The molecule has 0 bridgehead atoms. The second kappa shape index (κ2) is 7.45. The van der Waals surface area contributed by atoms with Crippen LogP contribution < -0.4 is 5.32 Å². The molecule has 1 aromatic rings. The van der Waals surface area contributed by atoms with Crippen molar-refractivity contribution < 1.29 is 27.5 Å². The molecule has 1 aliphatic heterocycles. The number of piperidine rings is 1. The van der Waals surface area contributed by atoms with Crippen LogP contribution in [-0.4, -0.2) is 49.6 Å². The van der Waals surface area contributed by atoms with E-state index in [0.717, 1.165) is 6.07 Å². The highest BCUT2D eigenvalue weighted by atomic mass is 19.2. The summed E-state index contributed by atoms with van der Waals surface area (Å²) in [7, 11) is 1.43. The van der Waals surface area contributed by atoms with Gasteiger partial charge in [0.1, 0.15) is 6.61 Å². The normalized spacial score (nSPS) is 15.6. The fourth-order valence-electron chi connectivity index (χ4n) is 2.45. The molecule has 0 aromatic heterocycles. The van der Waals surface area contributed by atoms with Crippen LogP contribution in [0.25, 0.3) is 0 Å². The molecule has 0 unspecified atom stereocenters. The maximum Gasteiger partial charge on any atom is 0.254 e. The monoisotopic (exact) mass is 330 g/mol. The van der Waals surface area contributed by atoms with E-state index in [1.54, 1.807) is 4.90 Å². The highest BCUT2D eigenvalue weighted by Gasteiger charge is 2.25. The molecule has 0 atom stereocenters. The predicted octanol–water partition coefficient (Wildman–Crippen LogP) is 1.47. The van der Waals surface area contributed by atoms with Gasteiger partial charge in [-0.2, -0.15) is 0 Å². The van der Waals surface area contributed by atoms with Gasteiger partial charge in [-0.3, -0.25) is 9.59 Å². The Labute approximate surface area is 131 Å². The minimum Gasteiger partial charge on any atom is -0.375 e. The average molecular weight is 330 g/mol. The van der Waals surface area contributed by atoms with Crippen LogP contribution in [0.1, 0.15) is 23.2 Å². The van der Waals surface area contributed by atoms with Crippen LogP contribution in [0.3, 0.4) is 0 Å².